The van der Waals surface area contributed by atoms with Gasteiger partial charge in [0.1, 0.15) is 0 Å². The van der Waals surface area contributed by atoms with Crippen LogP contribution in [0.3, 0.4) is 0 Å². The molecule has 0 amide bonds. The molecule has 13 heavy (non-hydrogen) atoms. The van der Waals surface area contributed by atoms with Crippen molar-refractivity contribution in [2.24, 2.45) is 0 Å². The first-order chi connectivity index (χ1) is 6.07. The van der Waals surface area contributed by atoms with Gasteiger partial charge in [-0.3, -0.25) is 0 Å². The zero-order valence-corrected chi connectivity index (χ0v) is 9.44. The van der Waals surface area contributed by atoms with E-state index in [-0.39, 0.29) is 0 Å². The summed E-state index contributed by atoms with van der Waals surface area (Å²) in [5.74, 6) is 0. The Hall–Kier alpha value is -0.690. The molecule has 0 heterocycles. The Kier molecular flexibility index (Phi) is 3.21. The summed E-state index contributed by atoms with van der Waals surface area (Å²) in [6.45, 7) is 6.42. The summed E-state index contributed by atoms with van der Waals surface area (Å²) in [6.07, 6.45) is 0. The fraction of sp³-hybridized carbons (Fsp3) is 0.455. The third-order valence-corrected chi connectivity index (χ3v) is 2.98. The molecule has 0 atom stereocenters. The van der Waals surface area contributed by atoms with Gasteiger partial charge in [0.25, 0.3) is 0 Å². The fourth-order valence-electron chi connectivity index (χ4n) is 1.42. The van der Waals surface area contributed by atoms with E-state index in [2.05, 4.69) is 32.9 Å². The third kappa shape index (κ3) is 1.97. The summed E-state index contributed by atoms with van der Waals surface area (Å²) in [7, 11) is 2.00. The van der Waals surface area contributed by atoms with Gasteiger partial charge in [-0.2, -0.15) is 0 Å². The van der Waals surface area contributed by atoms with Crippen molar-refractivity contribution in [1.82, 2.24) is 0 Å². The van der Waals surface area contributed by atoms with E-state index in [1.165, 1.54) is 22.4 Å². The average molecular weight is 198 g/mol. The molecule has 0 fully saturated rings. The highest BCUT2D eigenvalue weighted by atomic mass is 35.5. The van der Waals surface area contributed by atoms with Gasteiger partial charge in [-0.15, -0.1) is 11.6 Å². The smallest absolute Gasteiger partial charge is 0.0925 e. The van der Waals surface area contributed by atoms with Crippen molar-refractivity contribution in [2.45, 2.75) is 20.8 Å². The Morgan fingerprint density at radius 1 is 1.15 bits per heavy atom. The van der Waals surface area contributed by atoms with Crippen molar-refractivity contribution < 1.29 is 0 Å². The maximum absolute atomic E-state index is 5.78. The average Bonchev–Trinajstić information content (AvgIpc) is 2.13. The lowest BCUT2D eigenvalue weighted by atomic mass is 10.0. The third-order valence-electron chi connectivity index (χ3n) is 2.62. The maximum atomic E-state index is 5.78. The summed E-state index contributed by atoms with van der Waals surface area (Å²) >= 11 is 5.78. The number of alkyl halides is 1. The highest BCUT2D eigenvalue weighted by Gasteiger charge is 2.06. The van der Waals surface area contributed by atoms with Gasteiger partial charge in [0.05, 0.1) is 6.00 Å². The van der Waals surface area contributed by atoms with Crippen molar-refractivity contribution in [3.05, 3.63) is 28.8 Å². The van der Waals surface area contributed by atoms with Crippen LogP contribution in [-0.2, 0) is 0 Å². The van der Waals surface area contributed by atoms with E-state index >= 15 is 0 Å². The predicted molar refractivity (Wildman–Crippen MR) is 59.8 cm³/mol. The minimum absolute atomic E-state index is 0.531. The van der Waals surface area contributed by atoms with E-state index in [1.54, 1.807) is 0 Å². The van der Waals surface area contributed by atoms with Crippen molar-refractivity contribution in [1.29, 1.82) is 0 Å². The summed E-state index contributed by atoms with van der Waals surface area (Å²) in [5, 5.41) is 0. The number of nitrogens with zero attached hydrogens (tertiary/aromatic N) is 1. The van der Waals surface area contributed by atoms with Crippen LogP contribution in [0.1, 0.15) is 16.7 Å². The number of hydrogen-bond donors (Lipinski definition) is 0. The van der Waals surface area contributed by atoms with Crippen molar-refractivity contribution >= 4 is 17.3 Å². The molecule has 72 valence electrons. The van der Waals surface area contributed by atoms with Crippen LogP contribution >= 0.6 is 11.6 Å². The van der Waals surface area contributed by atoms with Crippen LogP contribution < -0.4 is 4.90 Å². The van der Waals surface area contributed by atoms with E-state index in [0.29, 0.717) is 6.00 Å². The largest absolute Gasteiger partial charge is 0.361 e. The Bertz CT molecular complexity index is 307. The van der Waals surface area contributed by atoms with E-state index in [4.69, 9.17) is 11.6 Å². The van der Waals surface area contributed by atoms with Gasteiger partial charge in [0.2, 0.25) is 0 Å². The lowest BCUT2D eigenvalue weighted by Gasteiger charge is -2.20. The molecule has 1 aromatic carbocycles. The second-order valence-corrected chi connectivity index (χ2v) is 3.71. The molecular formula is C11H16ClN. The minimum Gasteiger partial charge on any atom is -0.361 e. The number of hydrogen-bond acceptors (Lipinski definition) is 1. The molecule has 0 unspecified atom stereocenters. The van der Waals surface area contributed by atoms with Crippen molar-refractivity contribution in [3.63, 3.8) is 0 Å². The van der Waals surface area contributed by atoms with Crippen LogP contribution in [0.15, 0.2) is 12.1 Å². The van der Waals surface area contributed by atoms with Gasteiger partial charge in [-0.1, -0.05) is 6.07 Å². The number of aryl methyl sites for hydroxylation is 1. The maximum Gasteiger partial charge on any atom is 0.0925 e. The Morgan fingerprint density at radius 2 is 1.77 bits per heavy atom. The molecule has 0 aromatic heterocycles. The van der Waals surface area contributed by atoms with Gasteiger partial charge in [-0.05, 0) is 43.5 Å². The van der Waals surface area contributed by atoms with E-state index < -0.39 is 0 Å². The molecule has 0 aliphatic carbocycles. The van der Waals surface area contributed by atoms with Crippen LogP contribution in [0.25, 0.3) is 0 Å². The minimum atomic E-state index is 0.531. The molecule has 0 saturated carbocycles. The van der Waals surface area contributed by atoms with Crippen molar-refractivity contribution in [3.8, 4) is 0 Å². The summed E-state index contributed by atoms with van der Waals surface area (Å²) in [6, 6.07) is 4.80. The second-order valence-electron chi connectivity index (χ2n) is 3.47. The second kappa shape index (κ2) is 4.01. The molecule has 2 heteroatoms. The monoisotopic (exact) mass is 197 g/mol. The molecule has 1 rings (SSSR count). The molecule has 0 N–H and O–H groups in total. The Balaban J connectivity index is 3.18. The SMILES string of the molecule is Cc1ccc(N(C)CCl)c(C)c1C. The van der Waals surface area contributed by atoms with Crippen LogP contribution in [0, 0.1) is 20.8 Å². The van der Waals surface area contributed by atoms with Gasteiger partial charge < -0.3 is 4.90 Å². The predicted octanol–water partition coefficient (Wildman–Crippen LogP) is 3.24. The lowest BCUT2D eigenvalue weighted by molar-refractivity contribution is 1.06. The molecule has 0 aliphatic rings. The summed E-state index contributed by atoms with van der Waals surface area (Å²) < 4.78 is 0. The van der Waals surface area contributed by atoms with Crippen molar-refractivity contribution in [2.75, 3.05) is 18.0 Å². The Labute approximate surface area is 85.3 Å². The molecular weight excluding hydrogens is 182 g/mol. The molecule has 1 nitrogen and oxygen atoms in total. The number of rotatable bonds is 2. The van der Waals surface area contributed by atoms with Gasteiger partial charge in [-0.25, -0.2) is 0 Å². The molecule has 0 radical (unpaired) electrons. The first-order valence-corrected chi connectivity index (χ1v) is 4.95. The van der Waals surface area contributed by atoms with Crippen LogP contribution in [0.5, 0.6) is 0 Å². The fourth-order valence-corrected chi connectivity index (χ4v) is 1.55. The standard InChI is InChI=1S/C11H16ClN/c1-8-5-6-11(13(4)7-12)10(3)9(8)2/h5-6H,7H2,1-4H3. The lowest BCUT2D eigenvalue weighted by Crippen LogP contribution is -2.15. The first-order valence-electron chi connectivity index (χ1n) is 4.41. The number of halogens is 1. The summed E-state index contributed by atoms with van der Waals surface area (Å²) in [5.41, 5.74) is 5.24. The van der Waals surface area contributed by atoms with Crippen LogP contribution in [0.2, 0.25) is 0 Å². The van der Waals surface area contributed by atoms with E-state index in [9.17, 15) is 0 Å². The molecule has 0 aliphatic heterocycles. The van der Waals surface area contributed by atoms with E-state index in [0.717, 1.165) is 0 Å². The van der Waals surface area contributed by atoms with Gasteiger partial charge >= 0.3 is 0 Å². The number of benzene rings is 1. The quantitative estimate of drug-likeness (QED) is 0.520. The molecule has 0 saturated heterocycles. The normalized spacial score (nSPS) is 10.2. The highest BCUT2D eigenvalue weighted by Crippen LogP contribution is 2.24. The van der Waals surface area contributed by atoms with Crippen LogP contribution in [0.4, 0.5) is 5.69 Å². The molecule has 0 spiro atoms. The first kappa shape index (κ1) is 10.4. The topological polar surface area (TPSA) is 3.24 Å². The van der Waals surface area contributed by atoms with E-state index in [1.807, 2.05) is 11.9 Å². The highest BCUT2D eigenvalue weighted by molar-refractivity contribution is 6.19. The zero-order chi connectivity index (χ0) is 10.0. The Morgan fingerprint density at radius 3 is 2.31 bits per heavy atom. The van der Waals surface area contributed by atoms with Gasteiger partial charge in [0, 0.05) is 12.7 Å². The number of anilines is 1. The molecule has 1 aromatic rings. The summed E-state index contributed by atoms with van der Waals surface area (Å²) in [4.78, 5) is 2.04. The zero-order valence-electron chi connectivity index (χ0n) is 8.69. The van der Waals surface area contributed by atoms with Crippen LogP contribution in [-0.4, -0.2) is 13.1 Å². The molecule has 0 bridgehead atoms. The van der Waals surface area contributed by atoms with Gasteiger partial charge in [0.15, 0.2) is 0 Å².